The molecule has 1 fully saturated rings. The first-order valence-electron chi connectivity index (χ1n) is 7.95. The number of rotatable bonds is 6. The van der Waals surface area contributed by atoms with Crippen molar-refractivity contribution in [2.45, 2.75) is 38.1 Å². The van der Waals surface area contributed by atoms with Crippen molar-refractivity contribution in [2.24, 2.45) is 0 Å². The Balaban J connectivity index is 1.97. The number of carbonyl (C=O) groups is 2. The van der Waals surface area contributed by atoms with E-state index in [1.165, 1.54) is 0 Å². The van der Waals surface area contributed by atoms with Gasteiger partial charge in [-0.3, -0.25) is 9.59 Å². The van der Waals surface area contributed by atoms with Gasteiger partial charge >= 0.3 is 5.97 Å². The topological polar surface area (TPSA) is 67.4 Å². The fourth-order valence-electron chi connectivity index (χ4n) is 2.67. The number of nitrogens with one attached hydrogen (secondary N) is 2. The average molecular weight is 304 g/mol. The molecule has 0 aliphatic carbocycles. The molecular formula is C17H24N2O3. The molecule has 0 radical (unpaired) electrons. The van der Waals surface area contributed by atoms with Crippen molar-refractivity contribution in [1.29, 1.82) is 0 Å². The van der Waals surface area contributed by atoms with Crippen LogP contribution in [0.5, 0.6) is 0 Å². The Kier molecular flexibility index (Phi) is 6.40. The number of ether oxygens (including phenoxy) is 1. The number of amides is 1. The van der Waals surface area contributed by atoms with Gasteiger partial charge in [0, 0.05) is 6.54 Å². The molecule has 0 spiro atoms. The van der Waals surface area contributed by atoms with Crippen LogP contribution >= 0.6 is 0 Å². The summed E-state index contributed by atoms with van der Waals surface area (Å²) in [5, 5.41) is 6.10. The molecular weight excluding hydrogens is 280 g/mol. The lowest BCUT2D eigenvalue weighted by Gasteiger charge is -2.24. The van der Waals surface area contributed by atoms with E-state index in [4.69, 9.17) is 4.74 Å². The minimum atomic E-state index is -0.464. The van der Waals surface area contributed by atoms with Gasteiger partial charge in [-0.1, -0.05) is 36.8 Å². The molecule has 0 bridgehead atoms. The van der Waals surface area contributed by atoms with E-state index in [9.17, 15) is 9.59 Å². The minimum absolute atomic E-state index is 0.0371. The third-order valence-corrected chi connectivity index (χ3v) is 3.88. The van der Waals surface area contributed by atoms with Crippen LogP contribution in [-0.4, -0.2) is 37.6 Å². The van der Waals surface area contributed by atoms with Crippen LogP contribution < -0.4 is 10.6 Å². The highest BCUT2D eigenvalue weighted by atomic mass is 16.5. The largest absolute Gasteiger partial charge is 0.465 e. The van der Waals surface area contributed by atoms with Crippen LogP contribution in [0.1, 0.15) is 37.7 Å². The minimum Gasteiger partial charge on any atom is -0.465 e. The molecule has 2 atom stereocenters. The van der Waals surface area contributed by atoms with Crippen LogP contribution in [0.4, 0.5) is 0 Å². The fraction of sp³-hybridized carbons (Fsp3) is 0.529. The van der Waals surface area contributed by atoms with Crippen LogP contribution in [0.3, 0.4) is 0 Å². The first-order chi connectivity index (χ1) is 10.7. The van der Waals surface area contributed by atoms with Crippen molar-refractivity contribution in [3.05, 3.63) is 35.9 Å². The zero-order chi connectivity index (χ0) is 15.8. The zero-order valence-electron chi connectivity index (χ0n) is 13.0. The Morgan fingerprint density at radius 2 is 2.09 bits per heavy atom. The fourth-order valence-corrected chi connectivity index (χ4v) is 2.67. The Morgan fingerprint density at radius 3 is 2.73 bits per heavy atom. The molecule has 1 aliphatic heterocycles. The van der Waals surface area contributed by atoms with Crippen LogP contribution in [0, 0.1) is 0 Å². The van der Waals surface area contributed by atoms with Crippen molar-refractivity contribution < 1.29 is 14.3 Å². The molecule has 120 valence electrons. The lowest BCUT2D eigenvalue weighted by Crippen LogP contribution is -2.48. The maximum Gasteiger partial charge on any atom is 0.315 e. The van der Waals surface area contributed by atoms with E-state index in [-0.39, 0.29) is 24.5 Å². The molecule has 0 aromatic heterocycles. The summed E-state index contributed by atoms with van der Waals surface area (Å²) in [4.78, 5) is 24.3. The monoisotopic (exact) mass is 304 g/mol. The van der Waals surface area contributed by atoms with Gasteiger partial charge in [0.1, 0.15) is 0 Å². The summed E-state index contributed by atoms with van der Waals surface area (Å²) in [5.41, 5.74) is 0.859. The average Bonchev–Trinajstić information content (AvgIpc) is 2.57. The van der Waals surface area contributed by atoms with Gasteiger partial charge < -0.3 is 15.4 Å². The molecule has 0 saturated carbocycles. The molecule has 5 nitrogen and oxygen atoms in total. The molecule has 5 heteroatoms. The third-order valence-electron chi connectivity index (χ3n) is 3.88. The molecule has 2 unspecified atom stereocenters. The second-order valence-corrected chi connectivity index (χ2v) is 5.46. The van der Waals surface area contributed by atoms with Gasteiger partial charge in [-0.25, -0.2) is 0 Å². The molecule has 1 aromatic carbocycles. The van der Waals surface area contributed by atoms with Crippen molar-refractivity contribution in [3.63, 3.8) is 0 Å². The summed E-state index contributed by atoms with van der Waals surface area (Å²) in [7, 11) is 0. The second-order valence-electron chi connectivity index (χ2n) is 5.46. The molecule has 1 amide bonds. The van der Waals surface area contributed by atoms with E-state index in [1.54, 1.807) is 6.92 Å². The SMILES string of the molecule is CCOC(=O)C(CNC(=O)C1CCCCN1)c1ccccc1. The summed E-state index contributed by atoms with van der Waals surface area (Å²) in [6.07, 6.45) is 3.02. The highest BCUT2D eigenvalue weighted by molar-refractivity contribution is 5.84. The van der Waals surface area contributed by atoms with E-state index in [1.807, 2.05) is 30.3 Å². The van der Waals surface area contributed by atoms with Crippen LogP contribution in [0.15, 0.2) is 30.3 Å². The first kappa shape index (κ1) is 16.5. The van der Waals surface area contributed by atoms with E-state index >= 15 is 0 Å². The normalized spacial score (nSPS) is 19.2. The Bertz CT molecular complexity index is 484. The number of esters is 1. The standard InChI is InChI=1S/C17H24N2O3/c1-2-22-17(21)14(13-8-4-3-5-9-13)12-19-16(20)15-10-6-7-11-18-15/h3-5,8-9,14-15,18H,2,6-7,10-12H2,1H3,(H,19,20). The van der Waals surface area contributed by atoms with E-state index in [0.717, 1.165) is 31.4 Å². The summed E-state index contributed by atoms with van der Waals surface area (Å²) in [6, 6.07) is 9.28. The third kappa shape index (κ3) is 4.56. The van der Waals surface area contributed by atoms with Gasteiger partial charge in [0.05, 0.1) is 18.6 Å². The lowest BCUT2D eigenvalue weighted by atomic mass is 9.98. The summed E-state index contributed by atoms with van der Waals surface area (Å²) < 4.78 is 5.13. The van der Waals surface area contributed by atoms with Gasteiger partial charge in [0.15, 0.2) is 0 Å². The highest BCUT2D eigenvalue weighted by Crippen LogP contribution is 2.17. The van der Waals surface area contributed by atoms with Crippen LogP contribution in [-0.2, 0) is 14.3 Å². The second kappa shape index (κ2) is 8.54. The molecule has 1 saturated heterocycles. The number of hydrogen-bond acceptors (Lipinski definition) is 4. The molecule has 2 rings (SSSR count). The van der Waals surface area contributed by atoms with Gasteiger partial charge in [0.2, 0.25) is 5.91 Å². The van der Waals surface area contributed by atoms with Crippen LogP contribution in [0.2, 0.25) is 0 Å². The van der Waals surface area contributed by atoms with E-state index in [2.05, 4.69) is 10.6 Å². The van der Waals surface area contributed by atoms with Gasteiger partial charge in [0.25, 0.3) is 0 Å². The summed E-state index contributed by atoms with van der Waals surface area (Å²) >= 11 is 0. The number of hydrogen-bond donors (Lipinski definition) is 2. The van der Waals surface area contributed by atoms with Crippen molar-refractivity contribution in [2.75, 3.05) is 19.7 Å². The quantitative estimate of drug-likeness (QED) is 0.783. The summed E-state index contributed by atoms with van der Waals surface area (Å²) in [5.74, 6) is -0.802. The first-order valence-corrected chi connectivity index (χ1v) is 7.95. The number of piperidine rings is 1. The summed E-state index contributed by atoms with van der Waals surface area (Å²) in [6.45, 7) is 3.25. The van der Waals surface area contributed by atoms with Crippen molar-refractivity contribution in [3.8, 4) is 0 Å². The van der Waals surface area contributed by atoms with E-state index in [0.29, 0.717) is 6.61 Å². The predicted molar refractivity (Wildman–Crippen MR) is 84.5 cm³/mol. The molecule has 2 N–H and O–H groups in total. The lowest BCUT2D eigenvalue weighted by molar-refractivity contribution is -0.144. The van der Waals surface area contributed by atoms with Crippen molar-refractivity contribution in [1.82, 2.24) is 10.6 Å². The number of carbonyl (C=O) groups excluding carboxylic acids is 2. The van der Waals surface area contributed by atoms with Gasteiger partial charge in [-0.05, 0) is 31.9 Å². The maximum absolute atomic E-state index is 12.2. The molecule has 1 aliphatic rings. The van der Waals surface area contributed by atoms with Crippen molar-refractivity contribution >= 4 is 11.9 Å². The number of benzene rings is 1. The molecule has 1 heterocycles. The highest BCUT2D eigenvalue weighted by Gasteiger charge is 2.25. The Hall–Kier alpha value is -1.88. The Labute approximate surface area is 131 Å². The van der Waals surface area contributed by atoms with Gasteiger partial charge in [-0.2, -0.15) is 0 Å². The van der Waals surface area contributed by atoms with Crippen LogP contribution in [0.25, 0.3) is 0 Å². The van der Waals surface area contributed by atoms with Gasteiger partial charge in [-0.15, -0.1) is 0 Å². The van der Waals surface area contributed by atoms with E-state index < -0.39 is 5.92 Å². The smallest absolute Gasteiger partial charge is 0.315 e. The predicted octanol–water partition coefficient (Wildman–Crippen LogP) is 1.59. The maximum atomic E-state index is 12.2. The molecule has 22 heavy (non-hydrogen) atoms. The molecule has 1 aromatic rings. The Morgan fingerprint density at radius 1 is 1.32 bits per heavy atom. The zero-order valence-corrected chi connectivity index (χ0v) is 13.0.